The number of nitrogens with zero attached hydrogens (tertiary/aromatic N) is 7. The second kappa shape index (κ2) is 7.16. The van der Waals surface area contributed by atoms with E-state index in [0.29, 0.717) is 16.9 Å². The molecule has 0 radical (unpaired) electrons. The van der Waals surface area contributed by atoms with Crippen LogP contribution in [0.4, 0.5) is 5.95 Å². The van der Waals surface area contributed by atoms with E-state index in [4.69, 9.17) is 11.6 Å². The number of aromatic nitrogens is 7. The average Bonchev–Trinajstić information content (AvgIpc) is 3.34. The molecule has 146 valence electrons. The predicted octanol–water partition coefficient (Wildman–Crippen LogP) is 2.64. The second-order valence-corrected chi connectivity index (χ2v) is 8.19. The first kappa shape index (κ1) is 17.6. The van der Waals surface area contributed by atoms with Crippen LogP contribution in [0.3, 0.4) is 0 Å². The lowest BCUT2D eigenvalue weighted by molar-refractivity contribution is 0.475. The monoisotopic (exact) mass is 398 g/mol. The molecule has 8 nitrogen and oxygen atoms in total. The molecule has 1 saturated heterocycles. The number of hydrogen-bond acceptors (Lipinski definition) is 6. The van der Waals surface area contributed by atoms with Gasteiger partial charge in [0, 0.05) is 50.1 Å². The molecule has 1 fully saturated rings. The number of aryl methyl sites for hydroxylation is 1. The zero-order valence-corrected chi connectivity index (χ0v) is 16.6. The van der Waals surface area contributed by atoms with E-state index in [-0.39, 0.29) is 0 Å². The first-order valence-corrected chi connectivity index (χ1v) is 10.2. The molecule has 3 aromatic heterocycles. The summed E-state index contributed by atoms with van der Waals surface area (Å²) in [6.45, 7) is 1.86. The first-order chi connectivity index (χ1) is 13.7. The third-order valence-electron chi connectivity index (χ3n) is 6.05. The van der Waals surface area contributed by atoms with Gasteiger partial charge in [-0.3, -0.25) is 5.10 Å². The van der Waals surface area contributed by atoms with E-state index in [0.717, 1.165) is 62.8 Å². The highest BCUT2D eigenvalue weighted by Gasteiger charge is 2.29. The van der Waals surface area contributed by atoms with Crippen LogP contribution in [0.25, 0.3) is 0 Å². The van der Waals surface area contributed by atoms with Gasteiger partial charge in [0.2, 0.25) is 5.95 Å². The lowest BCUT2D eigenvalue weighted by atomic mass is 9.87. The van der Waals surface area contributed by atoms with Crippen LogP contribution >= 0.6 is 11.6 Å². The number of H-pyrrole nitrogens is 1. The lowest BCUT2D eigenvalue weighted by Gasteiger charge is -2.31. The quantitative estimate of drug-likeness (QED) is 0.729. The largest absolute Gasteiger partial charge is 0.341 e. The molecule has 3 aromatic rings. The van der Waals surface area contributed by atoms with E-state index in [1.165, 1.54) is 11.3 Å². The minimum absolute atomic E-state index is 0.373. The molecule has 28 heavy (non-hydrogen) atoms. The minimum Gasteiger partial charge on any atom is -0.341 e. The maximum Gasteiger partial charge on any atom is 0.226 e. The molecule has 2 aliphatic rings. The van der Waals surface area contributed by atoms with Crippen molar-refractivity contribution in [1.82, 2.24) is 34.9 Å². The van der Waals surface area contributed by atoms with Crippen molar-refractivity contribution in [3.63, 3.8) is 0 Å². The third kappa shape index (κ3) is 3.15. The van der Waals surface area contributed by atoms with Crippen LogP contribution < -0.4 is 4.90 Å². The van der Waals surface area contributed by atoms with Crippen molar-refractivity contribution in [3.05, 3.63) is 46.5 Å². The van der Waals surface area contributed by atoms with E-state index in [2.05, 4.69) is 46.9 Å². The summed E-state index contributed by atoms with van der Waals surface area (Å²) in [5, 5.41) is 17.0. The Morgan fingerprint density at radius 1 is 1.04 bits per heavy atom. The van der Waals surface area contributed by atoms with Gasteiger partial charge in [-0.1, -0.05) is 11.6 Å². The maximum absolute atomic E-state index is 5.90. The average molecular weight is 399 g/mol. The topological polar surface area (TPSA) is 88.4 Å². The SMILES string of the molecule is Cn1c(C2CCc3cn[nH]c3C2)nnc1N1CCC(c2ncc(Cl)cn2)CC1. The zero-order valence-electron chi connectivity index (χ0n) is 15.8. The van der Waals surface area contributed by atoms with Crippen LogP contribution in [0.1, 0.15) is 54.0 Å². The molecule has 9 heteroatoms. The zero-order chi connectivity index (χ0) is 19.1. The summed E-state index contributed by atoms with van der Waals surface area (Å²) in [7, 11) is 2.08. The second-order valence-electron chi connectivity index (χ2n) is 7.75. The highest BCUT2D eigenvalue weighted by Crippen LogP contribution is 2.33. The van der Waals surface area contributed by atoms with Crippen molar-refractivity contribution >= 4 is 17.5 Å². The van der Waals surface area contributed by atoms with Gasteiger partial charge < -0.3 is 9.47 Å². The van der Waals surface area contributed by atoms with Crippen molar-refractivity contribution in [2.24, 2.45) is 7.05 Å². The molecule has 1 unspecified atom stereocenters. The summed E-state index contributed by atoms with van der Waals surface area (Å²) in [5.41, 5.74) is 2.58. The Balaban J connectivity index is 1.27. The van der Waals surface area contributed by atoms with Crippen molar-refractivity contribution in [2.75, 3.05) is 18.0 Å². The van der Waals surface area contributed by atoms with Crippen LogP contribution in [-0.2, 0) is 19.9 Å². The molecule has 0 bridgehead atoms. The molecule has 1 N–H and O–H groups in total. The number of aromatic amines is 1. The smallest absolute Gasteiger partial charge is 0.226 e. The Morgan fingerprint density at radius 3 is 2.61 bits per heavy atom. The van der Waals surface area contributed by atoms with Gasteiger partial charge in [-0.05, 0) is 37.7 Å². The summed E-state index contributed by atoms with van der Waals surface area (Å²) in [6, 6.07) is 0. The Hall–Kier alpha value is -2.48. The van der Waals surface area contributed by atoms with Gasteiger partial charge >= 0.3 is 0 Å². The number of hydrogen-bond donors (Lipinski definition) is 1. The summed E-state index contributed by atoms with van der Waals surface area (Å²) in [4.78, 5) is 11.1. The Bertz CT molecular complexity index is 955. The maximum atomic E-state index is 5.90. The fraction of sp³-hybridized carbons (Fsp3) is 0.526. The summed E-state index contributed by atoms with van der Waals surface area (Å²) in [5.74, 6) is 3.68. The van der Waals surface area contributed by atoms with Gasteiger partial charge in [-0.2, -0.15) is 5.10 Å². The predicted molar refractivity (Wildman–Crippen MR) is 106 cm³/mol. The number of halogens is 1. The molecule has 0 saturated carbocycles. The van der Waals surface area contributed by atoms with Gasteiger partial charge in [-0.15, -0.1) is 10.2 Å². The van der Waals surface area contributed by atoms with Crippen LogP contribution in [0.15, 0.2) is 18.6 Å². The molecular weight excluding hydrogens is 376 g/mol. The molecule has 0 spiro atoms. The molecule has 0 aromatic carbocycles. The highest BCUT2D eigenvalue weighted by atomic mass is 35.5. The van der Waals surface area contributed by atoms with Crippen molar-refractivity contribution in [2.45, 2.75) is 43.9 Å². The molecule has 4 heterocycles. The molecular formula is C19H23ClN8. The number of nitrogens with one attached hydrogen (secondary N) is 1. The van der Waals surface area contributed by atoms with E-state index >= 15 is 0 Å². The molecule has 0 amide bonds. The third-order valence-corrected chi connectivity index (χ3v) is 6.25. The van der Waals surface area contributed by atoms with Crippen LogP contribution in [0, 0.1) is 0 Å². The highest BCUT2D eigenvalue weighted by molar-refractivity contribution is 6.30. The van der Waals surface area contributed by atoms with Crippen LogP contribution in [-0.4, -0.2) is 48.0 Å². The Morgan fingerprint density at radius 2 is 1.82 bits per heavy atom. The Labute approximate surface area is 168 Å². The first-order valence-electron chi connectivity index (χ1n) is 9.82. The van der Waals surface area contributed by atoms with Gasteiger partial charge in [0.05, 0.1) is 11.2 Å². The fourth-order valence-electron chi connectivity index (χ4n) is 4.46. The number of fused-ring (bicyclic) bond motifs is 1. The minimum atomic E-state index is 0.373. The normalized spacial score (nSPS) is 20.4. The molecule has 1 atom stereocenters. The van der Waals surface area contributed by atoms with E-state index in [1.807, 2.05) is 6.20 Å². The molecule has 1 aliphatic carbocycles. The van der Waals surface area contributed by atoms with Crippen LogP contribution in [0.5, 0.6) is 0 Å². The van der Waals surface area contributed by atoms with E-state index < -0.39 is 0 Å². The van der Waals surface area contributed by atoms with Crippen molar-refractivity contribution in [1.29, 1.82) is 0 Å². The van der Waals surface area contributed by atoms with Gasteiger partial charge in [0.15, 0.2) is 0 Å². The fourth-order valence-corrected chi connectivity index (χ4v) is 4.56. The molecule has 1 aliphatic heterocycles. The van der Waals surface area contributed by atoms with E-state index in [9.17, 15) is 0 Å². The van der Waals surface area contributed by atoms with Crippen LogP contribution in [0.2, 0.25) is 5.02 Å². The van der Waals surface area contributed by atoms with Crippen molar-refractivity contribution < 1.29 is 0 Å². The summed E-state index contributed by atoms with van der Waals surface area (Å²) < 4.78 is 2.17. The van der Waals surface area contributed by atoms with E-state index in [1.54, 1.807) is 12.4 Å². The summed E-state index contributed by atoms with van der Waals surface area (Å²) >= 11 is 5.90. The molecule has 5 rings (SSSR count). The van der Waals surface area contributed by atoms with Gasteiger partial charge in [0.25, 0.3) is 0 Å². The standard InChI is InChI=1S/C19H23ClN8/c1-27-18(13-2-3-14-9-23-24-16(14)8-13)25-26-19(27)28-6-4-12(5-7-28)17-21-10-15(20)11-22-17/h9-13H,2-8H2,1H3,(H,23,24). The summed E-state index contributed by atoms with van der Waals surface area (Å²) in [6.07, 6.45) is 10.4. The van der Waals surface area contributed by atoms with Crippen molar-refractivity contribution in [3.8, 4) is 0 Å². The van der Waals surface area contributed by atoms with Gasteiger partial charge in [-0.25, -0.2) is 9.97 Å². The Kier molecular flexibility index (Phi) is 4.50. The number of rotatable bonds is 3. The lowest BCUT2D eigenvalue weighted by Crippen LogP contribution is -2.35. The van der Waals surface area contributed by atoms with Gasteiger partial charge in [0.1, 0.15) is 11.6 Å². The number of anilines is 1. The number of piperidine rings is 1.